The maximum absolute atomic E-state index is 10.0. The molecular weight excluding hydrogens is 320 g/mol. The minimum atomic E-state index is 0.382. The monoisotopic (exact) mass is 345 g/mol. The van der Waals surface area contributed by atoms with E-state index in [0.717, 1.165) is 38.4 Å². The number of para-hydroxylation sites is 2. The number of aromatic hydroxyl groups is 1. The van der Waals surface area contributed by atoms with Crippen molar-refractivity contribution in [2.24, 2.45) is 0 Å². The molecule has 2 N–H and O–H groups in total. The van der Waals surface area contributed by atoms with Crippen molar-refractivity contribution in [1.29, 1.82) is 0 Å². The van der Waals surface area contributed by atoms with Crippen molar-refractivity contribution < 1.29 is 10.0 Å². The fourth-order valence-corrected chi connectivity index (χ4v) is 3.71. The Morgan fingerprint density at radius 3 is 2.04 bits per heavy atom. The first-order valence-corrected chi connectivity index (χ1v) is 9.30. The molecule has 0 atom stereocenters. The highest BCUT2D eigenvalue weighted by atomic mass is 16.3. The van der Waals surface area contributed by atoms with Gasteiger partial charge in [0.05, 0.1) is 31.9 Å². The minimum Gasteiger partial charge on any atom is -0.506 e. The summed E-state index contributed by atoms with van der Waals surface area (Å²) in [7, 11) is 0. The summed E-state index contributed by atoms with van der Waals surface area (Å²) in [4.78, 5) is 3.89. The van der Waals surface area contributed by atoms with E-state index in [1.807, 2.05) is 18.2 Å². The molecule has 0 spiro atoms. The van der Waals surface area contributed by atoms with Crippen LogP contribution >= 0.6 is 0 Å². The van der Waals surface area contributed by atoms with Gasteiger partial charge in [-0.2, -0.15) is 0 Å². The first-order valence-electron chi connectivity index (χ1n) is 9.30. The zero-order valence-corrected chi connectivity index (χ0v) is 14.9. The van der Waals surface area contributed by atoms with E-state index < -0.39 is 0 Å². The van der Waals surface area contributed by atoms with Gasteiger partial charge in [0.2, 0.25) is 0 Å². The SMILES string of the molecule is Oc1ccccc1N1CC[NH+](Cc2ccc(-c3ccccc3)cc2)CC1. The van der Waals surface area contributed by atoms with Gasteiger partial charge in [-0.05, 0) is 23.3 Å². The molecule has 0 unspecified atom stereocenters. The van der Waals surface area contributed by atoms with Crippen molar-refractivity contribution in [3.63, 3.8) is 0 Å². The maximum Gasteiger partial charge on any atom is 0.138 e. The van der Waals surface area contributed by atoms with Crippen molar-refractivity contribution in [2.45, 2.75) is 6.54 Å². The lowest BCUT2D eigenvalue weighted by Gasteiger charge is -2.34. The number of nitrogens with one attached hydrogen (secondary N) is 1. The summed E-state index contributed by atoms with van der Waals surface area (Å²) in [6.45, 7) is 5.21. The van der Waals surface area contributed by atoms with Gasteiger partial charge in [0.25, 0.3) is 0 Å². The van der Waals surface area contributed by atoms with E-state index in [1.165, 1.54) is 16.7 Å². The molecule has 1 heterocycles. The smallest absolute Gasteiger partial charge is 0.138 e. The first-order chi connectivity index (χ1) is 12.8. The van der Waals surface area contributed by atoms with E-state index in [-0.39, 0.29) is 0 Å². The third-order valence-electron chi connectivity index (χ3n) is 5.21. The molecule has 3 nitrogen and oxygen atoms in total. The number of quaternary nitrogens is 1. The number of phenolic OH excluding ortho intramolecular Hbond substituents is 1. The number of phenols is 1. The molecule has 0 amide bonds. The van der Waals surface area contributed by atoms with Gasteiger partial charge in [-0.1, -0.05) is 66.7 Å². The Morgan fingerprint density at radius 1 is 0.731 bits per heavy atom. The number of piperazine rings is 1. The second-order valence-corrected chi connectivity index (χ2v) is 6.97. The number of rotatable bonds is 4. The molecule has 3 heteroatoms. The zero-order chi connectivity index (χ0) is 17.8. The van der Waals surface area contributed by atoms with Crippen LogP contribution in [0, 0.1) is 0 Å². The summed E-state index contributed by atoms with van der Waals surface area (Å²) >= 11 is 0. The van der Waals surface area contributed by atoms with Gasteiger partial charge in [-0.25, -0.2) is 0 Å². The van der Waals surface area contributed by atoms with Crippen molar-refractivity contribution in [2.75, 3.05) is 31.1 Å². The van der Waals surface area contributed by atoms with Gasteiger partial charge in [0.15, 0.2) is 0 Å². The predicted molar refractivity (Wildman–Crippen MR) is 107 cm³/mol. The molecule has 3 aromatic carbocycles. The summed E-state index contributed by atoms with van der Waals surface area (Å²) in [5.41, 5.74) is 4.88. The summed E-state index contributed by atoms with van der Waals surface area (Å²) in [5, 5.41) is 10.0. The van der Waals surface area contributed by atoms with Crippen LogP contribution in [0.4, 0.5) is 5.69 Å². The van der Waals surface area contributed by atoms with Crippen LogP contribution in [0.25, 0.3) is 11.1 Å². The van der Waals surface area contributed by atoms with Crippen LogP contribution in [-0.2, 0) is 6.54 Å². The van der Waals surface area contributed by atoms with Crippen LogP contribution in [0.15, 0.2) is 78.9 Å². The number of hydrogen-bond acceptors (Lipinski definition) is 2. The maximum atomic E-state index is 10.0. The Morgan fingerprint density at radius 2 is 1.35 bits per heavy atom. The molecule has 4 rings (SSSR count). The summed E-state index contributed by atoms with van der Waals surface area (Å²) < 4.78 is 0. The lowest BCUT2D eigenvalue weighted by Crippen LogP contribution is -3.13. The van der Waals surface area contributed by atoms with E-state index in [4.69, 9.17) is 0 Å². The fourth-order valence-electron chi connectivity index (χ4n) is 3.71. The standard InChI is InChI=1S/C23H24N2O/c26-23-9-5-4-8-22(23)25-16-14-24(15-17-25)18-19-10-12-21(13-11-19)20-6-2-1-3-7-20/h1-13,26H,14-18H2/p+1. The number of benzene rings is 3. The van der Waals surface area contributed by atoms with Crippen molar-refractivity contribution in [1.82, 2.24) is 0 Å². The van der Waals surface area contributed by atoms with Crippen LogP contribution < -0.4 is 9.80 Å². The van der Waals surface area contributed by atoms with Crippen LogP contribution in [0.3, 0.4) is 0 Å². The Hall–Kier alpha value is -2.78. The number of anilines is 1. The van der Waals surface area contributed by atoms with Crippen molar-refractivity contribution in [3.05, 3.63) is 84.4 Å². The minimum absolute atomic E-state index is 0.382. The van der Waals surface area contributed by atoms with Crippen LogP contribution in [0.1, 0.15) is 5.56 Å². The third kappa shape index (κ3) is 3.73. The highest BCUT2D eigenvalue weighted by Crippen LogP contribution is 2.26. The Balaban J connectivity index is 1.35. The van der Waals surface area contributed by atoms with Crippen LogP contribution in [0.2, 0.25) is 0 Å². The van der Waals surface area contributed by atoms with Gasteiger partial charge in [-0.15, -0.1) is 0 Å². The topological polar surface area (TPSA) is 27.9 Å². The number of hydrogen-bond donors (Lipinski definition) is 2. The zero-order valence-electron chi connectivity index (χ0n) is 14.9. The lowest BCUT2D eigenvalue weighted by atomic mass is 10.0. The molecular formula is C23H25N2O+. The van der Waals surface area contributed by atoms with Gasteiger partial charge in [0.1, 0.15) is 12.3 Å². The fraction of sp³-hybridized carbons (Fsp3) is 0.217. The highest BCUT2D eigenvalue weighted by Gasteiger charge is 2.21. The van der Waals surface area contributed by atoms with Gasteiger partial charge >= 0.3 is 0 Å². The molecule has 0 aromatic heterocycles. The Kier molecular flexibility index (Phi) is 4.89. The molecule has 0 aliphatic carbocycles. The Labute approximate surface area is 155 Å². The summed E-state index contributed by atoms with van der Waals surface area (Å²) in [6, 6.07) is 27.1. The number of nitrogens with zero attached hydrogens (tertiary/aromatic N) is 1. The molecule has 26 heavy (non-hydrogen) atoms. The largest absolute Gasteiger partial charge is 0.506 e. The molecule has 1 aliphatic rings. The molecule has 0 radical (unpaired) electrons. The van der Waals surface area contributed by atoms with E-state index in [1.54, 1.807) is 11.0 Å². The first kappa shape index (κ1) is 16.7. The second-order valence-electron chi connectivity index (χ2n) is 6.97. The van der Waals surface area contributed by atoms with E-state index in [9.17, 15) is 5.11 Å². The van der Waals surface area contributed by atoms with Gasteiger partial charge < -0.3 is 14.9 Å². The average Bonchev–Trinajstić information content (AvgIpc) is 2.70. The second kappa shape index (κ2) is 7.63. The Bertz CT molecular complexity index is 838. The van der Waals surface area contributed by atoms with Crippen LogP contribution in [-0.4, -0.2) is 31.3 Å². The molecule has 3 aromatic rings. The van der Waals surface area contributed by atoms with Crippen LogP contribution in [0.5, 0.6) is 5.75 Å². The third-order valence-corrected chi connectivity index (χ3v) is 5.21. The molecule has 0 saturated carbocycles. The summed E-state index contributed by atoms with van der Waals surface area (Å²) in [5.74, 6) is 0.382. The summed E-state index contributed by atoms with van der Waals surface area (Å²) in [6.07, 6.45) is 0. The normalized spacial score (nSPS) is 15.2. The van der Waals surface area contributed by atoms with E-state index in [0.29, 0.717) is 5.75 Å². The molecule has 0 bridgehead atoms. The van der Waals surface area contributed by atoms with E-state index in [2.05, 4.69) is 59.5 Å². The van der Waals surface area contributed by atoms with Gasteiger partial charge in [0, 0.05) is 5.56 Å². The van der Waals surface area contributed by atoms with E-state index >= 15 is 0 Å². The average molecular weight is 345 g/mol. The highest BCUT2D eigenvalue weighted by molar-refractivity contribution is 5.63. The van der Waals surface area contributed by atoms with Gasteiger partial charge in [-0.3, -0.25) is 0 Å². The lowest BCUT2D eigenvalue weighted by molar-refractivity contribution is -0.914. The van der Waals surface area contributed by atoms with Crippen molar-refractivity contribution >= 4 is 5.69 Å². The molecule has 1 fully saturated rings. The molecule has 1 saturated heterocycles. The van der Waals surface area contributed by atoms with Crippen molar-refractivity contribution in [3.8, 4) is 16.9 Å². The quantitative estimate of drug-likeness (QED) is 0.761. The predicted octanol–water partition coefficient (Wildman–Crippen LogP) is 2.96. The molecule has 1 aliphatic heterocycles. The molecule has 132 valence electrons.